The fraction of sp³-hybridized carbons (Fsp3) is 0. The predicted octanol–water partition coefficient (Wildman–Crippen LogP) is 0.335. The van der Waals surface area contributed by atoms with Gasteiger partial charge in [0.15, 0.2) is 0 Å². The van der Waals surface area contributed by atoms with Crippen molar-refractivity contribution in [3.8, 4) is 0 Å². The summed E-state index contributed by atoms with van der Waals surface area (Å²) in [5.41, 5.74) is 0. The number of nitrogens with zero attached hydrogens (tertiary/aromatic N) is 3. The molecule has 0 bridgehead atoms. The molecule has 0 atom stereocenters. The van der Waals surface area contributed by atoms with E-state index in [-0.39, 0.29) is 4.86 Å². The molecule has 0 saturated heterocycles. The molecule has 1 rings (SSSR count). The first kappa shape index (κ1) is 5.17. The molecule has 1 amide bonds. The van der Waals surface area contributed by atoms with Crippen LogP contribution >= 0.6 is 12.2 Å². The SMILES string of the molecule is O=C1N=NN=CC1=S. The van der Waals surface area contributed by atoms with E-state index in [9.17, 15) is 4.79 Å². The van der Waals surface area contributed by atoms with Crippen molar-refractivity contribution in [2.24, 2.45) is 15.4 Å². The Bertz CT molecular complexity index is 173. The maximum absolute atomic E-state index is 10.3. The number of hydrogen-bond acceptors (Lipinski definition) is 4. The van der Waals surface area contributed by atoms with Gasteiger partial charge in [-0.05, 0) is 5.22 Å². The highest BCUT2D eigenvalue weighted by Gasteiger charge is 2.06. The normalized spacial score (nSPS) is 17.5. The number of carbonyl (C=O) groups excluding carboxylic acids is 1. The maximum Gasteiger partial charge on any atom is 0.309 e. The fourth-order valence-corrected chi connectivity index (χ4v) is 0.337. The van der Waals surface area contributed by atoms with Gasteiger partial charge in [-0.15, -0.1) is 5.10 Å². The summed E-state index contributed by atoms with van der Waals surface area (Å²) >= 11 is 4.48. The standard InChI is InChI=1S/C3HN3OS/c7-3-2(8)1-4-6-5-3/h1H. The first-order chi connectivity index (χ1) is 3.80. The second kappa shape index (κ2) is 1.87. The summed E-state index contributed by atoms with van der Waals surface area (Å²) in [5, 5.41) is 9.40. The lowest BCUT2D eigenvalue weighted by Crippen LogP contribution is -2.11. The molecule has 0 aliphatic carbocycles. The predicted molar refractivity (Wildman–Crippen MR) is 31.0 cm³/mol. The Morgan fingerprint density at radius 3 is 2.75 bits per heavy atom. The van der Waals surface area contributed by atoms with Crippen LogP contribution in [-0.4, -0.2) is 17.0 Å². The molecule has 1 heterocycles. The molecule has 8 heavy (non-hydrogen) atoms. The fourth-order valence-electron chi connectivity index (χ4n) is 0.249. The summed E-state index contributed by atoms with van der Waals surface area (Å²) in [6, 6.07) is 0. The van der Waals surface area contributed by atoms with Gasteiger partial charge in [-0.25, -0.2) is 0 Å². The summed E-state index contributed by atoms with van der Waals surface area (Å²) in [6.45, 7) is 0. The van der Waals surface area contributed by atoms with Crippen molar-refractivity contribution >= 4 is 29.2 Å². The quantitative estimate of drug-likeness (QED) is 0.440. The molecule has 5 heteroatoms. The van der Waals surface area contributed by atoms with Gasteiger partial charge in [0.25, 0.3) is 0 Å². The van der Waals surface area contributed by atoms with Crippen LogP contribution in [0.1, 0.15) is 0 Å². The molecule has 0 N–H and O–H groups in total. The van der Waals surface area contributed by atoms with Crippen molar-refractivity contribution < 1.29 is 4.79 Å². The van der Waals surface area contributed by atoms with Gasteiger partial charge in [0.1, 0.15) is 4.86 Å². The molecular weight excluding hydrogens is 126 g/mol. The number of thiocarbonyl (C=S) groups is 1. The van der Waals surface area contributed by atoms with E-state index in [1.807, 2.05) is 0 Å². The molecule has 1 aliphatic rings. The average molecular weight is 127 g/mol. The second-order valence-corrected chi connectivity index (χ2v) is 1.54. The number of rotatable bonds is 0. The Hall–Kier alpha value is -0.970. The first-order valence-corrected chi connectivity index (χ1v) is 2.24. The van der Waals surface area contributed by atoms with Crippen LogP contribution in [0.2, 0.25) is 0 Å². The van der Waals surface area contributed by atoms with E-state index >= 15 is 0 Å². The van der Waals surface area contributed by atoms with Gasteiger partial charge in [0.05, 0.1) is 6.21 Å². The van der Waals surface area contributed by atoms with E-state index < -0.39 is 5.91 Å². The first-order valence-electron chi connectivity index (χ1n) is 1.83. The lowest BCUT2D eigenvalue weighted by atomic mass is 10.4. The zero-order valence-corrected chi connectivity index (χ0v) is 4.55. The van der Waals surface area contributed by atoms with Crippen LogP contribution in [0.25, 0.3) is 0 Å². The highest BCUT2D eigenvalue weighted by molar-refractivity contribution is 7.83. The van der Waals surface area contributed by atoms with Crippen molar-refractivity contribution in [2.75, 3.05) is 0 Å². The largest absolute Gasteiger partial charge is 0.309 e. The van der Waals surface area contributed by atoms with Gasteiger partial charge >= 0.3 is 5.91 Å². The van der Waals surface area contributed by atoms with Gasteiger partial charge in [-0.2, -0.15) is 0 Å². The van der Waals surface area contributed by atoms with Crippen LogP contribution in [-0.2, 0) is 4.79 Å². The maximum atomic E-state index is 10.3. The molecule has 0 fully saturated rings. The van der Waals surface area contributed by atoms with E-state index in [4.69, 9.17) is 0 Å². The van der Waals surface area contributed by atoms with Crippen LogP contribution in [0.5, 0.6) is 0 Å². The van der Waals surface area contributed by atoms with Crippen LogP contribution in [0, 0.1) is 0 Å². The third kappa shape index (κ3) is 0.812. The summed E-state index contributed by atoms with van der Waals surface area (Å²) in [6.07, 6.45) is 1.20. The molecule has 0 saturated carbocycles. The summed E-state index contributed by atoms with van der Waals surface area (Å²) in [4.78, 5) is 10.4. The van der Waals surface area contributed by atoms with Crippen LogP contribution in [0.15, 0.2) is 15.4 Å². The third-order valence-corrected chi connectivity index (χ3v) is 0.853. The monoisotopic (exact) mass is 127 g/mol. The highest BCUT2D eigenvalue weighted by atomic mass is 32.1. The molecule has 0 unspecified atom stereocenters. The van der Waals surface area contributed by atoms with Crippen LogP contribution < -0.4 is 0 Å². The zero-order valence-electron chi connectivity index (χ0n) is 3.74. The summed E-state index contributed by atoms with van der Waals surface area (Å²) in [5.74, 6) is -0.491. The Morgan fingerprint density at radius 1 is 1.62 bits per heavy atom. The minimum atomic E-state index is -0.491. The lowest BCUT2D eigenvalue weighted by molar-refractivity contribution is -0.112. The second-order valence-electron chi connectivity index (χ2n) is 1.10. The zero-order chi connectivity index (χ0) is 5.98. The van der Waals surface area contributed by atoms with Crippen LogP contribution in [0.3, 0.4) is 0 Å². The molecule has 0 aromatic heterocycles. The Balaban J connectivity index is 2.89. The summed E-state index contributed by atoms with van der Waals surface area (Å²) < 4.78 is 0. The Morgan fingerprint density at radius 2 is 2.38 bits per heavy atom. The van der Waals surface area contributed by atoms with Crippen molar-refractivity contribution in [2.45, 2.75) is 0 Å². The van der Waals surface area contributed by atoms with E-state index in [1.165, 1.54) is 6.21 Å². The molecule has 0 aromatic carbocycles. The molecule has 0 spiro atoms. The van der Waals surface area contributed by atoms with E-state index in [0.717, 1.165) is 0 Å². The minimum absolute atomic E-state index is 0.111. The minimum Gasteiger partial charge on any atom is -0.264 e. The summed E-state index contributed by atoms with van der Waals surface area (Å²) in [7, 11) is 0. The Kier molecular flexibility index (Phi) is 1.21. The topological polar surface area (TPSA) is 54.1 Å². The smallest absolute Gasteiger partial charge is 0.264 e. The van der Waals surface area contributed by atoms with Crippen molar-refractivity contribution in [1.82, 2.24) is 0 Å². The molecule has 40 valence electrons. The molecule has 0 aromatic rings. The highest BCUT2D eigenvalue weighted by Crippen LogP contribution is 1.89. The van der Waals surface area contributed by atoms with Crippen molar-refractivity contribution in [3.05, 3.63) is 0 Å². The Labute approximate surface area is 50.3 Å². The van der Waals surface area contributed by atoms with Gasteiger partial charge in [0.2, 0.25) is 0 Å². The number of amides is 1. The van der Waals surface area contributed by atoms with Crippen molar-refractivity contribution in [1.29, 1.82) is 0 Å². The number of carbonyl (C=O) groups is 1. The third-order valence-electron chi connectivity index (χ3n) is 0.573. The van der Waals surface area contributed by atoms with Gasteiger partial charge in [-0.1, -0.05) is 17.3 Å². The van der Waals surface area contributed by atoms with E-state index in [2.05, 4.69) is 27.7 Å². The van der Waals surface area contributed by atoms with Gasteiger partial charge < -0.3 is 0 Å². The molecule has 1 aliphatic heterocycles. The van der Waals surface area contributed by atoms with Crippen LogP contribution in [0.4, 0.5) is 0 Å². The van der Waals surface area contributed by atoms with E-state index in [1.54, 1.807) is 0 Å². The van der Waals surface area contributed by atoms with E-state index in [0.29, 0.717) is 0 Å². The van der Waals surface area contributed by atoms with Gasteiger partial charge in [0, 0.05) is 0 Å². The molecular formula is C3HN3OS. The van der Waals surface area contributed by atoms with Gasteiger partial charge in [-0.3, -0.25) is 4.79 Å². The molecule has 4 nitrogen and oxygen atoms in total. The van der Waals surface area contributed by atoms with Crippen molar-refractivity contribution in [3.63, 3.8) is 0 Å². The average Bonchev–Trinajstić information content (AvgIpc) is 1.77. The molecule has 0 radical (unpaired) electrons. The lowest BCUT2D eigenvalue weighted by Gasteiger charge is -1.88. The number of hydrogen-bond donors (Lipinski definition) is 0.